The molecule has 0 saturated heterocycles. The molecule has 0 heterocycles. The molecule has 0 atom stereocenters. The van der Waals surface area contributed by atoms with Gasteiger partial charge in [-0.1, -0.05) is 32.1 Å². The Morgan fingerprint density at radius 3 is 2.22 bits per heavy atom. The molecule has 27 heavy (non-hydrogen) atoms. The van der Waals surface area contributed by atoms with Crippen LogP contribution in [0.3, 0.4) is 0 Å². The molecule has 0 spiro atoms. The Bertz CT molecular complexity index is 666. The van der Waals surface area contributed by atoms with Gasteiger partial charge in [0.25, 0.3) is 0 Å². The number of amides is 1. The van der Waals surface area contributed by atoms with Gasteiger partial charge < -0.3 is 20.1 Å². The molecule has 7 heteroatoms. The Morgan fingerprint density at radius 2 is 1.59 bits per heavy atom. The van der Waals surface area contributed by atoms with Crippen molar-refractivity contribution >= 4 is 23.5 Å². The minimum absolute atomic E-state index is 0.147. The molecule has 0 aromatic heterocycles. The lowest BCUT2D eigenvalue weighted by atomic mass is 9.97. The summed E-state index contributed by atoms with van der Waals surface area (Å²) in [5.74, 6) is -1.41. The number of hydrogen-bond acceptors (Lipinski definition) is 6. The summed E-state index contributed by atoms with van der Waals surface area (Å²) in [5.41, 5.74) is 0.659. The largest absolute Gasteiger partial charge is 0.465 e. The topological polar surface area (TPSA) is 93.7 Å². The first kappa shape index (κ1) is 20.9. The molecule has 1 aliphatic carbocycles. The third-order valence-electron chi connectivity index (χ3n) is 4.78. The Kier molecular flexibility index (Phi) is 8.26. The number of anilines is 1. The molecule has 0 radical (unpaired) electrons. The van der Waals surface area contributed by atoms with Gasteiger partial charge in [0.05, 0.1) is 37.6 Å². The van der Waals surface area contributed by atoms with Crippen LogP contribution >= 0.6 is 0 Å². The van der Waals surface area contributed by atoms with Crippen LogP contribution in [-0.4, -0.2) is 44.7 Å². The highest BCUT2D eigenvalue weighted by Crippen LogP contribution is 2.20. The van der Waals surface area contributed by atoms with Crippen molar-refractivity contribution in [1.29, 1.82) is 0 Å². The fraction of sp³-hybridized carbons (Fsp3) is 0.550. The molecule has 2 N–H and O–H groups in total. The van der Waals surface area contributed by atoms with Crippen LogP contribution < -0.4 is 10.6 Å². The van der Waals surface area contributed by atoms with E-state index in [2.05, 4.69) is 10.6 Å². The highest BCUT2D eigenvalue weighted by Gasteiger charge is 2.18. The summed E-state index contributed by atoms with van der Waals surface area (Å²) in [6.45, 7) is 0.147. The molecular formula is C20H28N2O5. The smallest absolute Gasteiger partial charge is 0.339 e. The van der Waals surface area contributed by atoms with E-state index in [0.717, 1.165) is 12.8 Å². The molecule has 1 saturated carbocycles. The SMILES string of the molecule is COC(=O)c1ccc(C(=O)OC)c(NC(=O)CNC2CCCCCCC2)c1. The minimum Gasteiger partial charge on any atom is -0.465 e. The first-order valence-corrected chi connectivity index (χ1v) is 9.39. The number of hydrogen-bond donors (Lipinski definition) is 2. The Hall–Kier alpha value is -2.41. The van der Waals surface area contributed by atoms with E-state index in [1.807, 2.05) is 0 Å². The molecule has 0 unspecified atom stereocenters. The Balaban J connectivity index is 2.03. The highest BCUT2D eigenvalue weighted by atomic mass is 16.5. The average molecular weight is 376 g/mol. The van der Waals surface area contributed by atoms with Gasteiger partial charge in [-0.15, -0.1) is 0 Å². The van der Waals surface area contributed by atoms with E-state index < -0.39 is 11.9 Å². The maximum Gasteiger partial charge on any atom is 0.339 e. The van der Waals surface area contributed by atoms with E-state index >= 15 is 0 Å². The van der Waals surface area contributed by atoms with Gasteiger partial charge in [-0.3, -0.25) is 4.79 Å². The Morgan fingerprint density at radius 1 is 0.963 bits per heavy atom. The van der Waals surface area contributed by atoms with Gasteiger partial charge >= 0.3 is 11.9 Å². The zero-order chi connectivity index (χ0) is 19.6. The monoisotopic (exact) mass is 376 g/mol. The lowest BCUT2D eigenvalue weighted by molar-refractivity contribution is -0.115. The summed E-state index contributed by atoms with van der Waals surface area (Å²) in [7, 11) is 2.53. The minimum atomic E-state index is -0.588. The summed E-state index contributed by atoms with van der Waals surface area (Å²) in [4.78, 5) is 36.0. The maximum absolute atomic E-state index is 12.4. The van der Waals surface area contributed by atoms with Crippen LogP contribution in [0.1, 0.15) is 65.7 Å². The summed E-state index contributed by atoms with van der Waals surface area (Å²) < 4.78 is 9.44. The lowest BCUT2D eigenvalue weighted by Crippen LogP contribution is -2.36. The van der Waals surface area contributed by atoms with E-state index in [9.17, 15) is 14.4 Å². The normalized spacial score (nSPS) is 15.3. The highest BCUT2D eigenvalue weighted by molar-refractivity contribution is 6.03. The van der Waals surface area contributed by atoms with E-state index in [1.54, 1.807) is 0 Å². The van der Waals surface area contributed by atoms with Gasteiger partial charge in [0.1, 0.15) is 0 Å². The molecule has 1 fully saturated rings. The number of nitrogens with one attached hydrogen (secondary N) is 2. The number of benzene rings is 1. The molecule has 2 rings (SSSR count). The predicted octanol–water partition coefficient (Wildman–Crippen LogP) is 2.90. The van der Waals surface area contributed by atoms with E-state index in [0.29, 0.717) is 6.04 Å². The van der Waals surface area contributed by atoms with Crippen LogP contribution in [0, 0.1) is 0 Å². The van der Waals surface area contributed by atoms with Gasteiger partial charge in [0.2, 0.25) is 5.91 Å². The number of methoxy groups -OCH3 is 2. The van der Waals surface area contributed by atoms with Crippen LogP contribution in [0.5, 0.6) is 0 Å². The van der Waals surface area contributed by atoms with Gasteiger partial charge in [0, 0.05) is 6.04 Å². The standard InChI is InChI=1S/C20H28N2O5/c1-26-19(24)14-10-11-16(20(25)27-2)17(12-14)22-18(23)13-21-15-8-6-4-3-5-7-9-15/h10-12,15,21H,3-9,13H2,1-2H3,(H,22,23). The van der Waals surface area contributed by atoms with Gasteiger partial charge in [0.15, 0.2) is 0 Å². The number of rotatable bonds is 6. The molecule has 7 nitrogen and oxygen atoms in total. The zero-order valence-corrected chi connectivity index (χ0v) is 16.0. The molecular weight excluding hydrogens is 348 g/mol. The Labute approximate surface area is 159 Å². The fourth-order valence-corrected chi connectivity index (χ4v) is 3.27. The van der Waals surface area contributed by atoms with Crippen molar-refractivity contribution in [3.63, 3.8) is 0 Å². The molecule has 148 valence electrons. The van der Waals surface area contributed by atoms with Crippen LogP contribution in [0.2, 0.25) is 0 Å². The van der Waals surface area contributed by atoms with E-state index in [4.69, 9.17) is 9.47 Å². The molecule has 0 bridgehead atoms. The predicted molar refractivity (Wildman–Crippen MR) is 102 cm³/mol. The summed E-state index contributed by atoms with van der Waals surface area (Å²) >= 11 is 0. The van der Waals surface area contributed by atoms with Gasteiger partial charge in [-0.2, -0.15) is 0 Å². The van der Waals surface area contributed by atoms with E-state index in [-0.39, 0.29) is 29.3 Å². The summed E-state index contributed by atoms with van der Waals surface area (Å²) in [6, 6.07) is 4.65. The lowest BCUT2D eigenvalue weighted by Gasteiger charge is -2.21. The number of carbonyl (C=O) groups excluding carboxylic acids is 3. The molecule has 1 aliphatic rings. The third kappa shape index (κ3) is 6.36. The van der Waals surface area contributed by atoms with Crippen molar-refractivity contribution in [3.8, 4) is 0 Å². The van der Waals surface area contributed by atoms with Crippen LogP contribution in [0.4, 0.5) is 5.69 Å². The first-order valence-electron chi connectivity index (χ1n) is 9.39. The quantitative estimate of drug-likeness (QED) is 0.742. The molecule has 0 aliphatic heterocycles. The third-order valence-corrected chi connectivity index (χ3v) is 4.78. The van der Waals surface area contributed by atoms with Crippen molar-refractivity contribution in [1.82, 2.24) is 5.32 Å². The van der Waals surface area contributed by atoms with Crippen molar-refractivity contribution in [2.24, 2.45) is 0 Å². The second kappa shape index (κ2) is 10.7. The second-order valence-electron chi connectivity index (χ2n) is 6.71. The van der Waals surface area contributed by atoms with Crippen LogP contribution in [-0.2, 0) is 14.3 Å². The summed E-state index contributed by atoms with van der Waals surface area (Å²) in [5, 5.41) is 6.00. The average Bonchev–Trinajstić information content (AvgIpc) is 2.65. The van der Waals surface area contributed by atoms with Gasteiger partial charge in [-0.05, 0) is 31.0 Å². The molecule has 1 aromatic rings. The van der Waals surface area contributed by atoms with Gasteiger partial charge in [-0.25, -0.2) is 9.59 Å². The molecule has 1 aromatic carbocycles. The first-order chi connectivity index (χ1) is 13.0. The fourth-order valence-electron chi connectivity index (χ4n) is 3.27. The summed E-state index contributed by atoms with van der Waals surface area (Å²) in [6.07, 6.45) is 8.26. The van der Waals surface area contributed by atoms with E-state index in [1.165, 1.54) is 64.5 Å². The van der Waals surface area contributed by atoms with Crippen molar-refractivity contribution in [2.75, 3.05) is 26.1 Å². The number of ether oxygens (including phenoxy) is 2. The number of carbonyl (C=O) groups is 3. The van der Waals surface area contributed by atoms with Crippen LogP contribution in [0.15, 0.2) is 18.2 Å². The number of esters is 2. The zero-order valence-electron chi connectivity index (χ0n) is 16.0. The van der Waals surface area contributed by atoms with Crippen molar-refractivity contribution in [3.05, 3.63) is 29.3 Å². The maximum atomic E-state index is 12.4. The second-order valence-corrected chi connectivity index (χ2v) is 6.71. The van der Waals surface area contributed by atoms with Crippen LogP contribution in [0.25, 0.3) is 0 Å². The van der Waals surface area contributed by atoms with Crippen molar-refractivity contribution < 1.29 is 23.9 Å². The van der Waals surface area contributed by atoms with Crippen molar-refractivity contribution in [2.45, 2.75) is 51.0 Å². The molecule has 1 amide bonds.